The van der Waals surface area contributed by atoms with Crippen molar-refractivity contribution in [3.05, 3.63) is 105 Å². The molecule has 33 heavy (non-hydrogen) atoms. The van der Waals surface area contributed by atoms with E-state index in [-0.39, 0.29) is 23.8 Å². The van der Waals surface area contributed by atoms with Gasteiger partial charge >= 0.3 is 0 Å². The highest BCUT2D eigenvalue weighted by molar-refractivity contribution is 6.31. The Balaban J connectivity index is 1.82. The molecule has 2 heterocycles. The van der Waals surface area contributed by atoms with Crippen LogP contribution in [-0.4, -0.2) is 40.9 Å². The van der Waals surface area contributed by atoms with E-state index in [9.17, 15) is 14.9 Å². The number of carbonyl (C=O) groups excluding carboxylic acids is 1. The van der Waals surface area contributed by atoms with E-state index in [0.717, 1.165) is 16.8 Å². The molecule has 1 saturated heterocycles. The molecular weight excluding hydrogens is 440 g/mol. The van der Waals surface area contributed by atoms with Crippen LogP contribution in [0.15, 0.2) is 73.1 Å². The molecule has 1 aliphatic rings. The highest BCUT2D eigenvalue weighted by Gasteiger charge is 2.51. The molecule has 3 aromatic rings. The maximum absolute atomic E-state index is 13.5. The molecule has 0 spiro atoms. The van der Waals surface area contributed by atoms with Gasteiger partial charge in [0.25, 0.3) is 0 Å². The lowest BCUT2D eigenvalue weighted by molar-refractivity contribution is -0.537. The third-order valence-electron chi connectivity index (χ3n) is 6.16. The Morgan fingerprint density at radius 2 is 1.85 bits per heavy atom. The van der Waals surface area contributed by atoms with Crippen LogP contribution >= 0.6 is 11.6 Å². The van der Waals surface area contributed by atoms with Crippen molar-refractivity contribution >= 4 is 23.2 Å². The van der Waals surface area contributed by atoms with Crippen molar-refractivity contribution in [3.63, 3.8) is 0 Å². The van der Waals surface area contributed by atoms with Gasteiger partial charge in [-0.05, 0) is 41.0 Å². The summed E-state index contributed by atoms with van der Waals surface area (Å²) < 4.78 is 0. The van der Waals surface area contributed by atoms with E-state index in [1.165, 1.54) is 0 Å². The maximum atomic E-state index is 13.5. The largest absolute Gasteiger partial charge is 0.378 e. The minimum atomic E-state index is -1.05. The summed E-state index contributed by atoms with van der Waals surface area (Å²) in [4.78, 5) is 33.4. The van der Waals surface area contributed by atoms with E-state index in [1.807, 2.05) is 49.3 Å². The molecule has 0 saturated carbocycles. The number of aromatic nitrogens is 1. The molecule has 1 aromatic heterocycles. The minimum absolute atomic E-state index is 0.0158. The van der Waals surface area contributed by atoms with Gasteiger partial charge in [0, 0.05) is 55.1 Å². The molecule has 0 unspecified atom stereocenters. The molecule has 8 heteroatoms. The lowest BCUT2D eigenvalue weighted by Gasteiger charge is -2.41. The first-order valence-electron chi connectivity index (χ1n) is 10.7. The molecule has 0 aliphatic carbocycles. The Bertz CT molecular complexity index is 1140. The minimum Gasteiger partial charge on any atom is -0.378 e. The number of likely N-dealkylation sites (tertiary alicyclic amines) is 1. The zero-order valence-electron chi connectivity index (χ0n) is 18.5. The summed E-state index contributed by atoms with van der Waals surface area (Å²) >= 11 is 6.43. The van der Waals surface area contributed by atoms with E-state index in [1.54, 1.807) is 47.6 Å². The lowest BCUT2D eigenvalue weighted by atomic mass is 9.78. The van der Waals surface area contributed by atoms with Gasteiger partial charge in [0.05, 0.1) is 5.92 Å². The van der Waals surface area contributed by atoms with Gasteiger partial charge in [-0.25, -0.2) is 0 Å². The van der Waals surface area contributed by atoms with Crippen molar-refractivity contribution in [2.24, 2.45) is 0 Å². The molecule has 0 N–H and O–H groups in total. The normalized spacial score (nSPS) is 20.5. The Hall–Kier alpha value is -3.45. The van der Waals surface area contributed by atoms with Gasteiger partial charge in [-0.2, -0.15) is 0 Å². The van der Waals surface area contributed by atoms with Gasteiger partial charge in [0.15, 0.2) is 0 Å². The summed E-state index contributed by atoms with van der Waals surface area (Å²) in [5.74, 6) is -0.784. The number of amides is 1. The first kappa shape index (κ1) is 22.7. The zero-order chi connectivity index (χ0) is 23.5. The molecule has 3 atom stereocenters. The molecule has 0 radical (unpaired) electrons. The number of anilines is 1. The van der Waals surface area contributed by atoms with Crippen LogP contribution in [0, 0.1) is 10.1 Å². The number of halogens is 1. The summed E-state index contributed by atoms with van der Waals surface area (Å²) in [6.07, 6.45) is 3.36. The summed E-state index contributed by atoms with van der Waals surface area (Å²) in [5.41, 5.74) is 3.14. The molecule has 1 fully saturated rings. The van der Waals surface area contributed by atoms with Crippen LogP contribution in [0.3, 0.4) is 0 Å². The Morgan fingerprint density at radius 1 is 1.12 bits per heavy atom. The lowest BCUT2D eigenvalue weighted by Crippen LogP contribution is -2.51. The number of rotatable bonds is 6. The fourth-order valence-corrected chi connectivity index (χ4v) is 4.82. The van der Waals surface area contributed by atoms with Crippen LogP contribution in [0.1, 0.15) is 35.1 Å². The molecule has 1 aliphatic heterocycles. The number of hydrogen-bond acceptors (Lipinski definition) is 5. The van der Waals surface area contributed by atoms with Crippen molar-refractivity contribution in [3.8, 4) is 0 Å². The summed E-state index contributed by atoms with van der Waals surface area (Å²) in [6, 6.07) is 16.5. The standard InChI is InChI=1S/C25H25ClN4O3/c1-28(2)19-11-9-18(10-12-19)24-25(30(32)33)21(20-7-3-4-8-22(20)26)14-23(31)29(24)16-17-6-5-13-27-15-17/h3-13,15,21,24-25H,14,16H2,1-2H3/t21-,24+,25-/m0/s1. The highest BCUT2D eigenvalue weighted by atomic mass is 35.5. The highest BCUT2D eigenvalue weighted by Crippen LogP contribution is 2.44. The number of nitro groups is 1. The maximum Gasteiger partial charge on any atom is 0.244 e. The molecule has 170 valence electrons. The second-order valence-corrected chi connectivity index (χ2v) is 8.83. The third-order valence-corrected chi connectivity index (χ3v) is 6.51. The van der Waals surface area contributed by atoms with E-state index in [2.05, 4.69) is 4.98 Å². The van der Waals surface area contributed by atoms with Crippen LogP contribution in [0.4, 0.5) is 5.69 Å². The van der Waals surface area contributed by atoms with E-state index in [0.29, 0.717) is 10.6 Å². The van der Waals surface area contributed by atoms with Crippen molar-refractivity contribution in [2.75, 3.05) is 19.0 Å². The molecule has 2 aromatic carbocycles. The summed E-state index contributed by atoms with van der Waals surface area (Å²) in [6.45, 7) is 0.242. The first-order valence-corrected chi connectivity index (χ1v) is 11.1. The fourth-order valence-electron chi connectivity index (χ4n) is 4.54. The predicted octanol–water partition coefficient (Wildman–Crippen LogP) is 4.70. The van der Waals surface area contributed by atoms with Crippen LogP contribution in [0.5, 0.6) is 0 Å². The van der Waals surface area contributed by atoms with Gasteiger partial charge in [-0.3, -0.25) is 19.9 Å². The number of hydrogen-bond donors (Lipinski definition) is 0. The number of carbonyl (C=O) groups is 1. The zero-order valence-corrected chi connectivity index (χ0v) is 19.2. The number of benzene rings is 2. The van der Waals surface area contributed by atoms with Crippen LogP contribution < -0.4 is 4.90 Å². The van der Waals surface area contributed by atoms with E-state index >= 15 is 0 Å². The first-order chi connectivity index (χ1) is 15.9. The monoisotopic (exact) mass is 464 g/mol. The predicted molar refractivity (Wildman–Crippen MR) is 128 cm³/mol. The van der Waals surface area contributed by atoms with Crippen LogP contribution in [0.25, 0.3) is 0 Å². The van der Waals surface area contributed by atoms with Gasteiger partial charge in [0.2, 0.25) is 11.9 Å². The van der Waals surface area contributed by atoms with Crippen LogP contribution in [0.2, 0.25) is 5.02 Å². The van der Waals surface area contributed by atoms with Gasteiger partial charge in [-0.1, -0.05) is 48.0 Å². The van der Waals surface area contributed by atoms with Gasteiger partial charge in [0.1, 0.15) is 6.04 Å². The SMILES string of the molecule is CN(C)c1ccc([C@@H]2[C@@H]([N+](=O)[O-])[C@H](c3ccccc3Cl)CC(=O)N2Cc2cccnc2)cc1. The third kappa shape index (κ3) is 4.68. The molecular formula is C25H25ClN4O3. The van der Waals surface area contributed by atoms with Crippen molar-refractivity contribution in [2.45, 2.75) is 31.0 Å². The Labute approximate surface area is 197 Å². The number of nitrogens with zero attached hydrogens (tertiary/aromatic N) is 4. The van der Waals surface area contributed by atoms with Gasteiger partial charge in [-0.15, -0.1) is 0 Å². The number of piperidine rings is 1. The smallest absolute Gasteiger partial charge is 0.244 e. The molecule has 0 bridgehead atoms. The molecule has 4 rings (SSSR count). The second kappa shape index (κ2) is 9.58. The Kier molecular flexibility index (Phi) is 6.60. The average molecular weight is 465 g/mol. The molecule has 7 nitrogen and oxygen atoms in total. The second-order valence-electron chi connectivity index (χ2n) is 8.42. The van der Waals surface area contributed by atoms with E-state index < -0.39 is 18.0 Å². The summed E-state index contributed by atoms with van der Waals surface area (Å²) in [5, 5.41) is 13.0. The average Bonchev–Trinajstić information content (AvgIpc) is 2.81. The van der Waals surface area contributed by atoms with Crippen LogP contribution in [-0.2, 0) is 11.3 Å². The summed E-state index contributed by atoms with van der Waals surface area (Å²) in [7, 11) is 3.86. The van der Waals surface area contributed by atoms with Crippen molar-refractivity contribution < 1.29 is 9.72 Å². The van der Waals surface area contributed by atoms with Crippen molar-refractivity contribution in [1.29, 1.82) is 0 Å². The van der Waals surface area contributed by atoms with Crippen molar-refractivity contribution in [1.82, 2.24) is 9.88 Å². The fraction of sp³-hybridized carbons (Fsp3) is 0.280. The van der Waals surface area contributed by atoms with E-state index in [4.69, 9.17) is 11.6 Å². The number of pyridine rings is 1. The topological polar surface area (TPSA) is 79.6 Å². The quantitative estimate of drug-likeness (QED) is 0.390. The molecule has 1 amide bonds. The Morgan fingerprint density at radius 3 is 2.45 bits per heavy atom. The van der Waals surface area contributed by atoms with Gasteiger partial charge < -0.3 is 9.80 Å².